The molecule has 0 aliphatic carbocycles. The minimum Gasteiger partial charge on any atom is -0.566 e. The van der Waals surface area contributed by atoms with Gasteiger partial charge in [0.05, 0.1) is 0 Å². The summed E-state index contributed by atoms with van der Waals surface area (Å²) in [6.07, 6.45) is 0. The third kappa shape index (κ3) is 15.4. The first-order chi connectivity index (χ1) is 5.02. The van der Waals surface area contributed by atoms with Crippen molar-refractivity contribution in [2.45, 2.75) is 13.5 Å². The van der Waals surface area contributed by atoms with Gasteiger partial charge in [-0.25, -0.2) is 6.61 Å². The molecule has 60 valence electrons. The van der Waals surface area contributed by atoms with Crippen molar-refractivity contribution in [3.05, 3.63) is 6.61 Å². The van der Waals surface area contributed by atoms with E-state index in [2.05, 4.69) is 0 Å². The van der Waals surface area contributed by atoms with Crippen LogP contribution in [0.2, 0.25) is 6.55 Å². The van der Waals surface area contributed by atoms with Gasteiger partial charge < -0.3 is 9.53 Å². The van der Waals surface area contributed by atoms with Crippen molar-refractivity contribution in [2.75, 3.05) is 6.61 Å². The van der Waals surface area contributed by atoms with Crippen molar-refractivity contribution in [1.29, 1.82) is 2.57 Å². The molecule has 6 heteroatoms. The Hall–Kier alpha value is 2.70. The smallest absolute Gasteiger partial charge is 0.128 e. The predicted octanol–water partition coefficient (Wildman–Crippen LogP) is -0.0755. The minimum atomic E-state index is -2.60. The van der Waals surface area contributed by atoms with E-state index < -0.39 is 8.84 Å². The van der Waals surface area contributed by atoms with Crippen molar-refractivity contribution >= 4 is 16.2 Å². The Balaban J connectivity index is -0.000000500. The molecule has 0 spiro atoms. The Morgan fingerprint density at radius 1 is 2.09 bits per heavy atom. The van der Waals surface area contributed by atoms with Crippen LogP contribution in [0.1, 0.15) is 6.92 Å². The number of hydrogen-bond acceptors (Lipinski definition) is 2. The van der Waals surface area contributed by atoms with Crippen LogP contribution in [0.4, 0.5) is 0 Å². The van der Waals surface area contributed by atoms with Gasteiger partial charge in [-0.05, 0) is 1.34 Å². The van der Waals surface area contributed by atoms with Crippen molar-refractivity contribution in [2.24, 2.45) is 5.92 Å². The fraction of sp³-hybridized carbons (Fsp3) is 0.800. The van der Waals surface area contributed by atoms with Gasteiger partial charge in [0, 0.05) is 83.0 Å². The van der Waals surface area contributed by atoms with Crippen LogP contribution in [-0.4, -0.2) is 30.5 Å². The summed E-state index contributed by atoms with van der Waals surface area (Å²) >= 11 is 0. The second-order valence-corrected chi connectivity index (χ2v) is 3.56. The van der Waals surface area contributed by atoms with E-state index in [1.54, 1.807) is 13.5 Å². The number of aliphatic hydroxyl groups is 1. The Bertz CT molecular complexity index is 125. The van der Waals surface area contributed by atoms with E-state index in [4.69, 9.17) is 12.1 Å². The van der Waals surface area contributed by atoms with Gasteiger partial charge in [-0.15, -0.1) is 5.92 Å². The second-order valence-electron chi connectivity index (χ2n) is 2.05. The van der Waals surface area contributed by atoms with Gasteiger partial charge in [0.2, 0.25) is 0 Å². The summed E-state index contributed by atoms with van der Waals surface area (Å²) in [6, 6.07) is 0. The van der Waals surface area contributed by atoms with Crippen LogP contribution in [0, 0.1) is 87.7 Å². The average Bonchev–Trinajstić information content (AvgIpc) is 2.00. The van der Waals surface area contributed by atoms with E-state index in [0.29, 0.717) is 6.61 Å². The Kier molecular flexibility index (Phi) is 15.8. The molecule has 0 bridgehead atoms. The Morgan fingerprint density at radius 2 is 2.64 bits per heavy atom. The molecule has 11 heavy (non-hydrogen) atoms. The van der Waals surface area contributed by atoms with E-state index in [-0.39, 0.29) is 81.1 Å². The molecule has 2 nitrogen and oxygen atoms in total. The van der Waals surface area contributed by atoms with Gasteiger partial charge in [0.1, 0.15) is 16.2 Å². The first kappa shape index (κ1) is 13.7. The molecule has 0 aliphatic heterocycles. The topological polar surface area (TPSA) is 29.5 Å². The molecule has 2 atom stereocenters. The molecule has 0 saturated heterocycles. The van der Waals surface area contributed by atoms with Gasteiger partial charge in [-0.1, -0.05) is 13.5 Å². The zero-order chi connectivity index (χ0) is 8.91. The normalized spacial score (nSPS) is 19.2. The van der Waals surface area contributed by atoms with E-state index in [1.165, 1.54) is 0 Å². The first-order valence-corrected chi connectivity index (χ1v) is 4.84. The zero-order valence-corrected chi connectivity index (χ0v) is 16.8. The molecule has 2 unspecified atom stereocenters. The van der Waals surface area contributed by atoms with Gasteiger partial charge >= 0.3 is 0 Å². The van der Waals surface area contributed by atoms with Crippen molar-refractivity contribution < 1.29 is 84.7 Å². The molecule has 0 fully saturated rings. The van der Waals surface area contributed by atoms with Crippen LogP contribution < -0.4 is 0 Å². The average molecular weight is 612 g/mol. The van der Waals surface area contributed by atoms with Crippen molar-refractivity contribution in [3.8, 4) is 0 Å². The molecular formula is C5H13AcBO2SiU-. The summed E-state index contributed by atoms with van der Waals surface area (Å²) in [6.45, 7) is 4.76. The molecule has 0 heterocycles. The molecule has 0 aromatic carbocycles. The first-order valence-electron chi connectivity index (χ1n) is 3.94. The zero-order valence-electron chi connectivity index (χ0n) is 8.87. The summed E-state index contributed by atoms with van der Waals surface area (Å²) in [5, 5.41) is 8.50. The van der Waals surface area contributed by atoms with Gasteiger partial charge in [0.15, 0.2) is 0 Å². The Morgan fingerprint density at radius 3 is 3.00 bits per heavy atom. The van der Waals surface area contributed by atoms with Crippen molar-refractivity contribution in [1.82, 2.24) is 0 Å². The third-order valence-corrected chi connectivity index (χ3v) is 1.45. The molecule has 0 amide bonds. The van der Waals surface area contributed by atoms with E-state index in [1.807, 2.05) is 0 Å². The maximum Gasteiger partial charge on any atom is 0.128 e. The van der Waals surface area contributed by atoms with Crippen LogP contribution in [0.25, 0.3) is 0 Å². The monoisotopic (exact) mass is 612 g/mol. The van der Waals surface area contributed by atoms with Gasteiger partial charge in [0.25, 0.3) is 0 Å². The number of rotatable bonds is 5. The van der Waals surface area contributed by atoms with Gasteiger partial charge in [-0.3, -0.25) is 0 Å². The molecule has 0 aliphatic rings. The summed E-state index contributed by atoms with van der Waals surface area (Å²) in [4.78, 5) is 0. The van der Waals surface area contributed by atoms with E-state index >= 15 is 0 Å². The number of aliphatic hydroxyl groups excluding tert-OH is 1. The van der Waals surface area contributed by atoms with Crippen LogP contribution >= 0.6 is 0 Å². The predicted molar refractivity (Wildman–Crippen MR) is 41.5 cm³/mol. The van der Waals surface area contributed by atoms with Crippen LogP contribution in [0.5, 0.6) is 0 Å². The molecule has 2 radical (unpaired) electrons. The largest absolute Gasteiger partial charge is 0.566 e. The summed E-state index contributed by atoms with van der Waals surface area (Å²) in [5.74, 6) is -0.0628. The van der Waals surface area contributed by atoms with Crippen LogP contribution in [0.15, 0.2) is 0 Å². The molecule has 0 aromatic rings. The van der Waals surface area contributed by atoms with E-state index in [0.717, 1.165) is 14.0 Å². The van der Waals surface area contributed by atoms with Crippen LogP contribution in [0.3, 0.4) is 0 Å². The molecule has 0 rings (SSSR count). The molecule has 0 aromatic heterocycles. The van der Waals surface area contributed by atoms with E-state index in [9.17, 15) is 0 Å². The fourth-order valence-corrected chi connectivity index (χ4v) is 0.832. The van der Waals surface area contributed by atoms with Crippen LogP contribution in [-0.2, 0) is 4.43 Å². The van der Waals surface area contributed by atoms with Gasteiger partial charge in [-0.2, -0.15) is 0 Å². The number of hydrogen-bond donors (Lipinski definition) is 1. The fourth-order valence-electron chi connectivity index (χ4n) is 0.306. The second kappa shape index (κ2) is 12.7. The molecular weight excluding hydrogens is 596 g/mol. The Labute approximate surface area is 134 Å². The maximum atomic E-state index is 8.50. The molecule has 1 N–H and O–H groups in total. The summed E-state index contributed by atoms with van der Waals surface area (Å²) < 4.78 is 19.4. The minimum absolute atomic E-state index is 0. The standard InChI is InChI=1S/C5H13BO2Si.Ac.U/c1-5(3-7)4-8-9(2)6;;/h3,5-7,9H,4H2,1-2H3;;/q-1;;/i6T,9D;;. The summed E-state index contributed by atoms with van der Waals surface area (Å²) in [5.41, 5.74) is 0. The SMILES string of the molecule is [2H][Si](C)([B][3H])OCC(C)[CH-]O.[Ac].[U]. The third-order valence-electron chi connectivity index (χ3n) is 0.828. The van der Waals surface area contributed by atoms with Crippen molar-refractivity contribution in [3.63, 3.8) is 0 Å². The quantitative estimate of drug-likeness (QED) is 0.349. The maximum absolute atomic E-state index is 8.50. The molecule has 0 saturated carbocycles. The summed E-state index contributed by atoms with van der Waals surface area (Å²) in [7, 11) is -1.54.